The number of hydrogen-bond donors (Lipinski definition) is 0. The number of halogens is 9. The van der Waals surface area contributed by atoms with Crippen molar-refractivity contribution in [2.24, 2.45) is 10.3 Å². The van der Waals surface area contributed by atoms with Crippen molar-refractivity contribution < 1.29 is 53.0 Å². The zero-order valence-corrected chi connectivity index (χ0v) is 19.5. The van der Waals surface area contributed by atoms with E-state index in [9.17, 15) is 43.5 Å². The number of alkyl halides is 9. The van der Waals surface area contributed by atoms with E-state index < -0.39 is 43.2 Å². The fourth-order valence-electron chi connectivity index (χ4n) is 3.33. The van der Waals surface area contributed by atoms with Gasteiger partial charge in [0.1, 0.15) is 5.84 Å². The van der Waals surface area contributed by atoms with Crippen LogP contribution >= 0.6 is 22.6 Å². The lowest BCUT2D eigenvalue weighted by atomic mass is 9.98. The van der Waals surface area contributed by atoms with Crippen LogP contribution in [0.2, 0.25) is 0 Å². The summed E-state index contributed by atoms with van der Waals surface area (Å²) in [6.45, 7) is 0.279. The van der Waals surface area contributed by atoms with Gasteiger partial charge in [0, 0.05) is 41.6 Å². The molecule has 0 aromatic heterocycles. The van der Waals surface area contributed by atoms with Crippen molar-refractivity contribution in [1.29, 1.82) is 0 Å². The van der Waals surface area contributed by atoms with Crippen molar-refractivity contribution in [1.82, 2.24) is 4.90 Å². The Hall–Kier alpha value is -0.490. The van der Waals surface area contributed by atoms with E-state index in [1.54, 1.807) is 0 Å². The summed E-state index contributed by atoms with van der Waals surface area (Å²) in [4.78, 5) is 1.31. The molecular formula is C16H21F8IN2O4S. The smallest absolute Gasteiger partial charge is 0.378 e. The van der Waals surface area contributed by atoms with Crippen LogP contribution in [0, 0.1) is 5.92 Å². The maximum atomic E-state index is 14.3. The molecule has 0 N–H and O–H groups in total. The van der Waals surface area contributed by atoms with Crippen LogP contribution in [0.4, 0.5) is 35.1 Å². The van der Waals surface area contributed by atoms with Crippen molar-refractivity contribution in [2.45, 2.75) is 59.9 Å². The van der Waals surface area contributed by atoms with Crippen LogP contribution in [0.5, 0.6) is 0 Å². The van der Waals surface area contributed by atoms with Gasteiger partial charge < -0.3 is 9.64 Å². The van der Waals surface area contributed by atoms with Gasteiger partial charge in [-0.3, -0.25) is 0 Å². The second kappa shape index (κ2) is 10.0. The molecule has 0 radical (unpaired) electrons. The second-order valence-electron chi connectivity index (χ2n) is 7.36. The number of rotatable bonds is 7. The lowest BCUT2D eigenvalue weighted by Crippen LogP contribution is -2.54. The maximum absolute atomic E-state index is 14.3. The van der Waals surface area contributed by atoms with Crippen LogP contribution in [0.15, 0.2) is 4.40 Å². The molecule has 2 rings (SSSR count). The summed E-state index contributed by atoms with van der Waals surface area (Å²) in [6.07, 6.45) is -9.09. The van der Waals surface area contributed by atoms with Gasteiger partial charge in [-0.2, -0.15) is 43.5 Å². The SMILES string of the molecule is O=S(=O)(/N=C(/C1CCCCCC1)N1CCOCC1)C(F)(F)C(F)(F)OC(F)(F)C(F)(F)I. The number of ether oxygens (including phenoxy) is 2. The minimum absolute atomic E-state index is 0.0441. The highest BCUT2D eigenvalue weighted by molar-refractivity contribution is 14.1. The lowest BCUT2D eigenvalue weighted by Gasteiger charge is -2.34. The molecule has 0 atom stereocenters. The average molecular weight is 616 g/mol. The van der Waals surface area contributed by atoms with Crippen LogP contribution in [0.1, 0.15) is 38.5 Å². The first-order valence-electron chi connectivity index (χ1n) is 9.59. The Morgan fingerprint density at radius 3 is 1.88 bits per heavy atom. The Morgan fingerprint density at radius 2 is 1.41 bits per heavy atom. The molecule has 1 aliphatic carbocycles. The first kappa shape index (κ1) is 27.8. The van der Waals surface area contributed by atoms with Crippen LogP contribution in [0.25, 0.3) is 0 Å². The van der Waals surface area contributed by atoms with Gasteiger partial charge in [-0.05, 0) is 12.8 Å². The third kappa shape index (κ3) is 6.14. The summed E-state index contributed by atoms with van der Waals surface area (Å²) in [5.74, 6) is -1.06. The summed E-state index contributed by atoms with van der Waals surface area (Å²) >= 11 is -0.292. The van der Waals surface area contributed by atoms with Gasteiger partial charge in [-0.1, -0.05) is 25.7 Å². The number of amidine groups is 1. The monoisotopic (exact) mass is 616 g/mol. The molecule has 2 aliphatic rings. The largest absolute Gasteiger partial charge is 0.455 e. The number of nitrogens with zero attached hydrogens (tertiary/aromatic N) is 2. The predicted molar refractivity (Wildman–Crippen MR) is 105 cm³/mol. The molecule has 1 aliphatic heterocycles. The third-order valence-corrected chi connectivity index (χ3v) is 6.96. The fraction of sp³-hybridized carbons (Fsp3) is 0.938. The second-order valence-corrected chi connectivity index (χ2v) is 10.4. The van der Waals surface area contributed by atoms with Gasteiger partial charge >= 0.3 is 31.4 Å². The van der Waals surface area contributed by atoms with Gasteiger partial charge in [0.05, 0.1) is 13.2 Å². The van der Waals surface area contributed by atoms with Gasteiger partial charge in [0.15, 0.2) is 0 Å². The van der Waals surface area contributed by atoms with Crippen LogP contribution < -0.4 is 0 Å². The van der Waals surface area contributed by atoms with Crippen molar-refractivity contribution in [3.8, 4) is 0 Å². The van der Waals surface area contributed by atoms with Gasteiger partial charge in [-0.25, -0.2) is 4.74 Å². The van der Waals surface area contributed by atoms with Crippen molar-refractivity contribution in [2.75, 3.05) is 26.3 Å². The molecule has 188 valence electrons. The Morgan fingerprint density at radius 1 is 0.906 bits per heavy atom. The van der Waals surface area contributed by atoms with Crippen LogP contribution in [0.3, 0.4) is 0 Å². The fourth-order valence-corrected chi connectivity index (χ4v) is 4.41. The first-order chi connectivity index (χ1) is 14.5. The summed E-state index contributed by atoms with van der Waals surface area (Å²) in [5, 5.41) is -6.35. The summed E-state index contributed by atoms with van der Waals surface area (Å²) in [5.41, 5.74) is 0. The molecule has 2 fully saturated rings. The first-order valence-corrected chi connectivity index (χ1v) is 12.1. The van der Waals surface area contributed by atoms with Crippen LogP contribution in [-0.4, -0.2) is 66.9 Å². The molecule has 0 amide bonds. The Bertz CT molecular complexity index is 777. The molecule has 0 unspecified atom stereocenters. The summed E-state index contributed by atoms with van der Waals surface area (Å²) < 4.78 is 138. The van der Waals surface area contributed by atoms with E-state index >= 15 is 0 Å². The highest BCUT2D eigenvalue weighted by Crippen LogP contribution is 2.49. The third-order valence-electron chi connectivity index (χ3n) is 5.02. The molecule has 1 saturated carbocycles. The molecule has 1 heterocycles. The number of morpholine rings is 1. The highest BCUT2D eigenvalue weighted by atomic mass is 127. The topological polar surface area (TPSA) is 68.2 Å². The van der Waals surface area contributed by atoms with Crippen molar-refractivity contribution >= 4 is 38.4 Å². The van der Waals surface area contributed by atoms with E-state index in [2.05, 4.69) is 9.13 Å². The number of sulfonamides is 1. The molecule has 0 aromatic rings. The Balaban J connectivity index is 2.44. The van der Waals surface area contributed by atoms with E-state index in [0.29, 0.717) is 25.7 Å². The van der Waals surface area contributed by atoms with Gasteiger partial charge in [-0.15, -0.1) is 4.40 Å². The van der Waals surface area contributed by atoms with Gasteiger partial charge in [0.25, 0.3) is 0 Å². The Labute approximate surface area is 192 Å². The zero-order chi connectivity index (χ0) is 24.4. The van der Waals surface area contributed by atoms with Crippen molar-refractivity contribution in [3.05, 3.63) is 0 Å². The van der Waals surface area contributed by atoms with Crippen LogP contribution in [-0.2, 0) is 19.5 Å². The minimum atomic E-state index is -6.53. The average Bonchev–Trinajstić information content (AvgIpc) is 2.94. The van der Waals surface area contributed by atoms with E-state index in [4.69, 9.17) is 4.74 Å². The Kier molecular flexibility index (Phi) is 8.68. The number of hydrogen-bond acceptors (Lipinski definition) is 4. The molecule has 6 nitrogen and oxygen atoms in total. The summed E-state index contributed by atoms with van der Waals surface area (Å²) in [7, 11) is -6.53. The normalized spacial score (nSPS) is 21.5. The highest BCUT2D eigenvalue weighted by Gasteiger charge is 2.74. The minimum Gasteiger partial charge on any atom is -0.378 e. The van der Waals surface area contributed by atoms with E-state index in [-0.39, 0.29) is 48.9 Å². The lowest BCUT2D eigenvalue weighted by molar-refractivity contribution is -0.438. The molecule has 0 aromatic carbocycles. The quantitative estimate of drug-likeness (QED) is 0.102. The van der Waals surface area contributed by atoms with E-state index in [1.165, 1.54) is 4.90 Å². The molecule has 32 heavy (non-hydrogen) atoms. The standard InChI is InChI=1S/C16H21F8IN2O4S/c17-13(18,25)14(19,20)31-15(21,22)16(23,24)32(28,29)26-12(27-7-9-30-10-8-27)11-5-3-1-2-4-6-11/h11H,1-10H2/b26-12-. The molecule has 0 bridgehead atoms. The maximum Gasteiger partial charge on any atom is 0.455 e. The molecule has 0 spiro atoms. The zero-order valence-electron chi connectivity index (χ0n) is 16.5. The van der Waals surface area contributed by atoms with Gasteiger partial charge in [0.2, 0.25) is 0 Å². The van der Waals surface area contributed by atoms with Crippen molar-refractivity contribution in [3.63, 3.8) is 0 Å². The molecular weight excluding hydrogens is 595 g/mol. The predicted octanol–water partition coefficient (Wildman–Crippen LogP) is 4.84. The van der Waals surface area contributed by atoms with E-state index in [1.807, 2.05) is 0 Å². The molecule has 1 saturated heterocycles. The summed E-state index contributed by atoms with van der Waals surface area (Å²) in [6, 6.07) is 0. The van der Waals surface area contributed by atoms with E-state index in [0.717, 1.165) is 12.8 Å². The molecule has 16 heteroatoms.